The van der Waals surface area contributed by atoms with Crippen molar-refractivity contribution in [2.45, 2.75) is 117 Å². The first-order valence-electron chi connectivity index (χ1n) is 18.0. The van der Waals surface area contributed by atoms with Crippen molar-refractivity contribution >= 4 is 57.7 Å². The zero-order chi connectivity index (χ0) is 38.8. The van der Waals surface area contributed by atoms with Crippen molar-refractivity contribution in [2.75, 3.05) is 30.4 Å². The van der Waals surface area contributed by atoms with Gasteiger partial charge in [0.2, 0.25) is 5.95 Å². The molecule has 3 aromatic heterocycles. The van der Waals surface area contributed by atoms with Crippen LogP contribution in [0.3, 0.4) is 0 Å². The van der Waals surface area contributed by atoms with Crippen molar-refractivity contribution < 1.29 is 27.5 Å². The summed E-state index contributed by atoms with van der Waals surface area (Å²) in [6.45, 7) is 22.4. The molecule has 4 aromatic rings. The number of thiophene rings is 1. The minimum absolute atomic E-state index is 0.0380. The normalized spacial score (nSPS) is 18.5. The number of carbonyl (C=O) groups excluding carboxylic acids is 1. The number of nitrogens with one attached hydrogen (secondary N) is 1. The van der Waals surface area contributed by atoms with Gasteiger partial charge in [0.05, 0.1) is 41.5 Å². The van der Waals surface area contributed by atoms with E-state index in [1.54, 1.807) is 27.0 Å². The number of amides is 1. The second-order valence-electron chi connectivity index (χ2n) is 16.7. The predicted molar refractivity (Wildman–Crippen MR) is 207 cm³/mol. The van der Waals surface area contributed by atoms with E-state index >= 15 is 8.78 Å². The Kier molecular flexibility index (Phi) is 10.4. The lowest BCUT2D eigenvalue weighted by Gasteiger charge is -2.40. The third kappa shape index (κ3) is 7.36. The Morgan fingerprint density at radius 1 is 1.19 bits per heavy atom. The average Bonchev–Trinajstić information content (AvgIpc) is 3.77. The largest absolute Gasteiger partial charge is 0.444 e. The van der Waals surface area contributed by atoms with Crippen molar-refractivity contribution in [1.29, 1.82) is 5.26 Å². The summed E-state index contributed by atoms with van der Waals surface area (Å²) in [6.07, 6.45) is 2.80. The Hall–Kier alpha value is -3.81. The van der Waals surface area contributed by atoms with Gasteiger partial charge in [0.15, 0.2) is 20.0 Å². The topological polar surface area (TPSA) is 126 Å². The number of fused-ring (bicyclic) bond motifs is 4. The Bertz CT molecular complexity index is 2120. The molecule has 15 heteroatoms. The van der Waals surface area contributed by atoms with E-state index in [9.17, 15) is 10.1 Å². The van der Waals surface area contributed by atoms with Crippen molar-refractivity contribution in [2.24, 2.45) is 0 Å². The molecule has 53 heavy (non-hydrogen) atoms. The highest BCUT2D eigenvalue weighted by Crippen LogP contribution is 2.46. The molecule has 0 bridgehead atoms. The quantitative estimate of drug-likeness (QED) is 0.174. The molecule has 3 atom stereocenters. The van der Waals surface area contributed by atoms with Gasteiger partial charge >= 0.3 is 6.09 Å². The van der Waals surface area contributed by atoms with Gasteiger partial charge in [0, 0.05) is 47.7 Å². The van der Waals surface area contributed by atoms with E-state index in [0.717, 1.165) is 30.5 Å². The summed E-state index contributed by atoms with van der Waals surface area (Å²) < 4.78 is 50.3. The molecule has 2 aliphatic heterocycles. The average molecular weight is 766 g/mol. The Morgan fingerprint density at radius 3 is 2.55 bits per heavy atom. The van der Waals surface area contributed by atoms with Gasteiger partial charge in [-0.2, -0.15) is 5.26 Å². The molecule has 0 radical (unpaired) electrons. The monoisotopic (exact) mass is 765 g/mol. The Balaban J connectivity index is 1.36. The fourth-order valence-electron chi connectivity index (χ4n) is 7.19. The third-order valence-corrected chi connectivity index (χ3v) is 16.4. The number of aromatic nitrogens is 3. The zero-order valence-electron chi connectivity index (χ0n) is 32.4. The summed E-state index contributed by atoms with van der Waals surface area (Å²) in [4.78, 5) is 31.0. The smallest absolute Gasteiger partial charge is 0.412 e. The van der Waals surface area contributed by atoms with E-state index in [2.05, 4.69) is 80.9 Å². The fraction of sp³-hybridized carbons (Fsp3) is 0.553. The van der Waals surface area contributed by atoms with E-state index in [-0.39, 0.29) is 73.9 Å². The maximum Gasteiger partial charge on any atom is 0.412 e. The number of nitriles is 1. The first-order valence-corrected chi connectivity index (χ1v) is 21.7. The molecule has 11 nitrogen and oxygen atoms in total. The molecular formula is C38H49F2N7O4SSi. The van der Waals surface area contributed by atoms with Gasteiger partial charge in [0.25, 0.3) is 0 Å². The lowest BCUT2D eigenvalue weighted by atomic mass is 9.94. The molecular weight excluding hydrogens is 717 g/mol. The number of halogens is 2. The first kappa shape index (κ1) is 38.9. The number of anilines is 2. The summed E-state index contributed by atoms with van der Waals surface area (Å²) in [5.41, 5.74) is 0.648. The summed E-state index contributed by atoms with van der Waals surface area (Å²) in [5.74, 6) is -0.962. The number of nitrogens with zero attached hydrogens (tertiary/aromatic N) is 6. The molecule has 6 rings (SSSR count). The van der Waals surface area contributed by atoms with E-state index in [0.29, 0.717) is 29.0 Å². The predicted octanol–water partition coefficient (Wildman–Crippen LogP) is 8.74. The SMILES string of the molecule is C[C@@H](CN(C)[C@H]1CCN(c2ncc3c4c(c(-c5ncc(F)c6sc(NC(=O)OC(C)(C)C)c(C#N)c56)c(F)c3n2)COC4)[C@H]1C)O[Si](C)(C)C(C)(C)C. The lowest BCUT2D eigenvalue weighted by molar-refractivity contribution is 0.0636. The van der Waals surface area contributed by atoms with Gasteiger partial charge in [0.1, 0.15) is 22.2 Å². The van der Waals surface area contributed by atoms with E-state index in [1.165, 1.54) is 0 Å². The van der Waals surface area contributed by atoms with Crippen molar-refractivity contribution in [1.82, 2.24) is 19.9 Å². The molecule has 1 amide bonds. The third-order valence-electron chi connectivity index (χ3n) is 10.7. The maximum atomic E-state index is 17.1. The number of rotatable bonds is 8. The summed E-state index contributed by atoms with van der Waals surface area (Å²) in [6, 6.07) is 2.32. The zero-order valence-corrected chi connectivity index (χ0v) is 34.2. The van der Waals surface area contributed by atoms with Crippen LogP contribution in [0.4, 0.5) is 24.5 Å². The molecule has 0 spiro atoms. The van der Waals surface area contributed by atoms with Crippen molar-refractivity contribution in [3.63, 3.8) is 0 Å². The van der Waals surface area contributed by atoms with Crippen LogP contribution >= 0.6 is 11.3 Å². The highest BCUT2D eigenvalue weighted by atomic mass is 32.1. The highest BCUT2D eigenvalue weighted by molar-refractivity contribution is 7.23. The Labute approximate surface area is 314 Å². The van der Waals surface area contributed by atoms with E-state index < -0.39 is 31.6 Å². The van der Waals surface area contributed by atoms with Crippen LogP contribution in [0.1, 0.15) is 78.5 Å². The van der Waals surface area contributed by atoms with Gasteiger partial charge in [-0.3, -0.25) is 15.2 Å². The van der Waals surface area contributed by atoms with Crippen LogP contribution in [-0.2, 0) is 27.1 Å². The summed E-state index contributed by atoms with van der Waals surface area (Å²) in [7, 11) is 0.198. The first-order chi connectivity index (χ1) is 24.7. The number of likely N-dealkylation sites (N-methyl/N-ethyl adjacent to an activating group) is 1. The van der Waals surface area contributed by atoms with Gasteiger partial charge in [-0.15, -0.1) is 11.3 Å². The molecule has 5 heterocycles. The number of ether oxygens (including phenoxy) is 2. The van der Waals surface area contributed by atoms with Crippen molar-refractivity contribution in [3.8, 4) is 17.3 Å². The molecule has 284 valence electrons. The van der Waals surface area contributed by atoms with Crippen LogP contribution in [0, 0.1) is 23.0 Å². The fourth-order valence-corrected chi connectivity index (χ4v) is 9.67. The van der Waals surface area contributed by atoms with Crippen LogP contribution in [-0.4, -0.2) is 78.2 Å². The van der Waals surface area contributed by atoms with E-state index in [4.69, 9.17) is 23.9 Å². The van der Waals surface area contributed by atoms with Gasteiger partial charge in [-0.25, -0.2) is 23.5 Å². The van der Waals surface area contributed by atoms with Crippen LogP contribution in [0.25, 0.3) is 32.2 Å². The van der Waals surface area contributed by atoms with Crippen LogP contribution < -0.4 is 10.2 Å². The standard InChI is InChI=1S/C38H49F2N7O4SSi/c1-20(51-53(10,11)38(6,7)8)17-46(9)27-12-13-47(21(27)2)35-43-15-23-24-18-49-19-25(24)28(30(40)31(23)44-35)32-29-22(14-41)34(45-36(48)50-37(3,4)5)52-33(29)26(39)16-42-32/h15-16,20-21,27H,12-13,17-19H2,1-11H3,(H,45,48)/t20-,21-,27-/m0/s1. The minimum atomic E-state index is -1.92. The molecule has 1 fully saturated rings. The molecule has 0 saturated carbocycles. The van der Waals surface area contributed by atoms with Crippen molar-refractivity contribution in [3.05, 3.63) is 40.7 Å². The highest BCUT2D eigenvalue weighted by Gasteiger charge is 2.40. The number of hydrogen-bond acceptors (Lipinski definition) is 11. The van der Waals surface area contributed by atoms with Crippen LogP contribution in [0.15, 0.2) is 12.4 Å². The number of hydrogen-bond donors (Lipinski definition) is 1. The van der Waals surface area contributed by atoms with Gasteiger partial charge < -0.3 is 18.8 Å². The van der Waals surface area contributed by atoms with Crippen LogP contribution in [0.2, 0.25) is 18.1 Å². The second kappa shape index (κ2) is 14.1. The summed E-state index contributed by atoms with van der Waals surface area (Å²) in [5, 5.41) is 13.7. The summed E-state index contributed by atoms with van der Waals surface area (Å²) >= 11 is 0.864. The number of benzene rings is 1. The Morgan fingerprint density at radius 2 is 1.89 bits per heavy atom. The van der Waals surface area contributed by atoms with Gasteiger partial charge in [-0.05, 0) is 77.3 Å². The minimum Gasteiger partial charge on any atom is -0.444 e. The molecule has 0 aliphatic carbocycles. The molecule has 1 saturated heterocycles. The molecule has 0 unspecified atom stereocenters. The van der Waals surface area contributed by atoms with Crippen LogP contribution in [0.5, 0.6) is 0 Å². The molecule has 1 N–H and O–H groups in total. The molecule has 2 aliphatic rings. The maximum absolute atomic E-state index is 17.1. The number of carbonyl (C=O) groups is 1. The second-order valence-corrected chi connectivity index (χ2v) is 22.5. The molecule has 1 aromatic carbocycles. The van der Waals surface area contributed by atoms with E-state index in [1.807, 2.05) is 0 Å². The van der Waals surface area contributed by atoms with Gasteiger partial charge in [-0.1, -0.05) is 20.8 Å². The number of pyridine rings is 1. The lowest BCUT2D eigenvalue weighted by Crippen LogP contribution is -2.49.